The molecule has 2 aromatic rings. The van der Waals surface area contributed by atoms with Crippen LogP contribution in [-0.4, -0.2) is 23.3 Å². The second kappa shape index (κ2) is 6.39. The van der Waals surface area contributed by atoms with Crippen molar-refractivity contribution >= 4 is 45.5 Å². The molecule has 0 atom stereocenters. The molecule has 0 saturated carbocycles. The van der Waals surface area contributed by atoms with Crippen LogP contribution in [0.2, 0.25) is 0 Å². The van der Waals surface area contributed by atoms with Gasteiger partial charge in [-0.05, 0) is 34.7 Å². The van der Waals surface area contributed by atoms with Crippen LogP contribution in [0.5, 0.6) is 0 Å². The minimum Gasteiger partial charge on any atom is -0.294 e. The van der Waals surface area contributed by atoms with Gasteiger partial charge in [-0.1, -0.05) is 24.3 Å². The number of alkyl halides is 2. The van der Waals surface area contributed by atoms with E-state index < -0.39 is 0 Å². The molecule has 0 spiro atoms. The molecule has 1 aliphatic rings. The summed E-state index contributed by atoms with van der Waals surface area (Å²) in [4.78, 5) is 24.5. The van der Waals surface area contributed by atoms with Crippen molar-refractivity contribution in [1.82, 2.24) is 0 Å². The summed E-state index contributed by atoms with van der Waals surface area (Å²) >= 11 is 11.4. The molecule has 3 rings (SSSR count). The van der Waals surface area contributed by atoms with Gasteiger partial charge in [0.05, 0.1) is 0 Å². The summed E-state index contributed by atoms with van der Waals surface area (Å²) in [6.45, 7) is 0. The van der Waals surface area contributed by atoms with Crippen LogP contribution in [0.4, 0.5) is 0 Å². The van der Waals surface area contributed by atoms with Gasteiger partial charge in [-0.3, -0.25) is 9.59 Å². The number of aryl methyl sites for hydroxylation is 2. The normalized spacial score (nSPS) is 12.8. The number of ketones is 2. The van der Waals surface area contributed by atoms with E-state index in [1.807, 2.05) is 24.3 Å². The lowest BCUT2D eigenvalue weighted by Crippen LogP contribution is -2.05. The van der Waals surface area contributed by atoms with Crippen LogP contribution >= 0.6 is 23.2 Å². The summed E-state index contributed by atoms with van der Waals surface area (Å²) in [6, 6.07) is 7.65. The van der Waals surface area contributed by atoms with E-state index in [2.05, 4.69) is 0 Å². The Bertz CT molecular complexity index is 765. The van der Waals surface area contributed by atoms with Crippen molar-refractivity contribution < 1.29 is 9.59 Å². The fourth-order valence-corrected chi connectivity index (χ4v) is 3.61. The Morgan fingerprint density at radius 1 is 0.864 bits per heavy atom. The highest BCUT2D eigenvalue weighted by atomic mass is 35.5. The Balaban J connectivity index is 2.18. The molecular weight excluding hydrogens is 319 g/mol. The Morgan fingerprint density at radius 3 is 2.18 bits per heavy atom. The number of Topliss-reactive ketones (excluding diaryl/α,β-unsaturated/α-hetero) is 2. The predicted octanol–water partition coefficient (Wildman–Crippen LogP) is 4.56. The van der Waals surface area contributed by atoms with E-state index in [0.29, 0.717) is 30.2 Å². The highest BCUT2D eigenvalue weighted by Crippen LogP contribution is 2.36. The average molecular weight is 335 g/mol. The van der Waals surface area contributed by atoms with Crippen LogP contribution in [0, 0.1) is 0 Å². The van der Waals surface area contributed by atoms with Gasteiger partial charge in [0.15, 0.2) is 11.6 Å². The fraction of sp³-hybridized carbons (Fsp3) is 0.333. The summed E-state index contributed by atoms with van der Waals surface area (Å²) in [5, 5.41) is 2.03. The third kappa shape index (κ3) is 2.55. The zero-order valence-corrected chi connectivity index (χ0v) is 13.6. The summed E-state index contributed by atoms with van der Waals surface area (Å²) in [7, 11) is 0. The van der Waals surface area contributed by atoms with Gasteiger partial charge in [0.2, 0.25) is 0 Å². The third-order valence-corrected chi connectivity index (χ3v) is 4.64. The molecule has 0 bridgehead atoms. The molecule has 2 aromatic carbocycles. The molecule has 0 aliphatic heterocycles. The molecule has 0 amide bonds. The molecule has 0 unspecified atom stereocenters. The third-order valence-electron chi connectivity index (χ3n) is 4.26. The fourth-order valence-electron chi connectivity index (χ4n) is 3.27. The monoisotopic (exact) mass is 334 g/mol. The second-order valence-electron chi connectivity index (χ2n) is 5.51. The van der Waals surface area contributed by atoms with Crippen LogP contribution in [0.25, 0.3) is 10.8 Å². The van der Waals surface area contributed by atoms with Crippen molar-refractivity contribution in [2.75, 3.05) is 11.8 Å². The maximum atomic E-state index is 12.3. The summed E-state index contributed by atoms with van der Waals surface area (Å²) in [5.41, 5.74) is 3.75. The molecule has 2 nitrogen and oxygen atoms in total. The Hall–Kier alpha value is -1.38. The number of hydrogen-bond acceptors (Lipinski definition) is 2. The highest BCUT2D eigenvalue weighted by molar-refractivity contribution is 6.21. The van der Waals surface area contributed by atoms with Crippen LogP contribution in [-0.2, 0) is 12.8 Å². The lowest BCUT2D eigenvalue weighted by molar-refractivity contribution is 0.0982. The topological polar surface area (TPSA) is 34.1 Å². The maximum Gasteiger partial charge on any atom is 0.164 e. The van der Waals surface area contributed by atoms with Crippen molar-refractivity contribution in [3.63, 3.8) is 0 Å². The van der Waals surface area contributed by atoms with Crippen LogP contribution in [0.15, 0.2) is 24.3 Å². The predicted molar refractivity (Wildman–Crippen MR) is 90.7 cm³/mol. The van der Waals surface area contributed by atoms with Gasteiger partial charge < -0.3 is 0 Å². The van der Waals surface area contributed by atoms with E-state index in [1.165, 1.54) is 5.56 Å². The molecule has 0 radical (unpaired) electrons. The smallest absolute Gasteiger partial charge is 0.164 e. The first-order valence-electron chi connectivity index (χ1n) is 7.43. The Morgan fingerprint density at radius 2 is 1.50 bits per heavy atom. The van der Waals surface area contributed by atoms with E-state index >= 15 is 0 Å². The lowest BCUT2D eigenvalue weighted by Gasteiger charge is -2.11. The quantitative estimate of drug-likeness (QED) is 0.573. The summed E-state index contributed by atoms with van der Waals surface area (Å²) in [5.74, 6) is 0.787. The Labute approximate surface area is 139 Å². The molecule has 22 heavy (non-hydrogen) atoms. The first-order chi connectivity index (χ1) is 10.7. The molecule has 0 saturated heterocycles. The number of halogens is 2. The standard InChI is InChI=1S/C18H16Cl2O2/c19-9-7-16(21)12-3-1-11-2-4-14-13(17(22)8-10-20)5-6-15(12)18(11)14/h1,3,5-6H,2,4,7-10H2. The van der Waals surface area contributed by atoms with Crippen molar-refractivity contribution in [3.8, 4) is 0 Å². The van der Waals surface area contributed by atoms with E-state index in [4.69, 9.17) is 23.2 Å². The van der Waals surface area contributed by atoms with Crippen molar-refractivity contribution in [1.29, 1.82) is 0 Å². The molecule has 1 aliphatic carbocycles. The van der Waals surface area contributed by atoms with Gasteiger partial charge in [-0.25, -0.2) is 0 Å². The number of rotatable bonds is 6. The van der Waals surface area contributed by atoms with Crippen molar-refractivity contribution in [3.05, 3.63) is 46.5 Å². The lowest BCUT2D eigenvalue weighted by atomic mass is 9.92. The number of carbonyl (C=O) groups is 2. The summed E-state index contributed by atoms with van der Waals surface area (Å²) < 4.78 is 0. The first kappa shape index (κ1) is 15.5. The van der Waals surface area contributed by atoms with Gasteiger partial charge >= 0.3 is 0 Å². The van der Waals surface area contributed by atoms with Gasteiger partial charge in [0.1, 0.15) is 0 Å². The van der Waals surface area contributed by atoms with Crippen LogP contribution in [0.3, 0.4) is 0 Å². The van der Waals surface area contributed by atoms with Crippen LogP contribution in [0.1, 0.15) is 44.7 Å². The number of benzene rings is 2. The molecule has 4 heteroatoms. The van der Waals surface area contributed by atoms with Gasteiger partial charge in [0.25, 0.3) is 0 Å². The molecule has 0 fully saturated rings. The van der Waals surface area contributed by atoms with Crippen LogP contribution < -0.4 is 0 Å². The number of hydrogen-bond donors (Lipinski definition) is 0. The van der Waals surface area contributed by atoms with E-state index in [1.54, 1.807) is 0 Å². The molecule has 114 valence electrons. The van der Waals surface area contributed by atoms with Crippen molar-refractivity contribution in [2.45, 2.75) is 25.7 Å². The first-order valence-corrected chi connectivity index (χ1v) is 8.50. The zero-order chi connectivity index (χ0) is 15.7. The van der Waals surface area contributed by atoms with E-state index in [0.717, 1.165) is 34.7 Å². The number of carbonyl (C=O) groups excluding carboxylic acids is 2. The molecule has 0 N–H and O–H groups in total. The van der Waals surface area contributed by atoms with E-state index in [9.17, 15) is 9.59 Å². The van der Waals surface area contributed by atoms with Crippen molar-refractivity contribution in [2.24, 2.45) is 0 Å². The van der Waals surface area contributed by atoms with E-state index in [-0.39, 0.29) is 11.6 Å². The largest absolute Gasteiger partial charge is 0.294 e. The van der Waals surface area contributed by atoms with Gasteiger partial charge in [0, 0.05) is 35.7 Å². The highest BCUT2D eigenvalue weighted by Gasteiger charge is 2.23. The average Bonchev–Trinajstić information content (AvgIpc) is 2.94. The zero-order valence-electron chi connectivity index (χ0n) is 12.1. The molecular formula is C18H16Cl2O2. The minimum absolute atomic E-state index is 0.0548. The second-order valence-corrected chi connectivity index (χ2v) is 6.27. The Kier molecular flexibility index (Phi) is 4.51. The SMILES string of the molecule is O=C(CCCl)c1ccc2c(C(=O)CCCl)ccc3c2c1CC3. The van der Waals surface area contributed by atoms with Gasteiger partial charge in [-0.2, -0.15) is 0 Å². The maximum absolute atomic E-state index is 12.3. The molecule has 0 heterocycles. The van der Waals surface area contributed by atoms with Gasteiger partial charge in [-0.15, -0.1) is 23.2 Å². The summed E-state index contributed by atoms with van der Waals surface area (Å²) in [6.07, 6.45) is 2.45. The minimum atomic E-state index is 0.0548. The molecule has 0 aromatic heterocycles.